The van der Waals surface area contributed by atoms with Crippen LogP contribution in [0.4, 0.5) is 0 Å². The molecule has 0 radical (unpaired) electrons. The summed E-state index contributed by atoms with van der Waals surface area (Å²) in [7, 11) is 0. The van der Waals surface area contributed by atoms with Crippen molar-refractivity contribution in [3.05, 3.63) is 35.7 Å². The van der Waals surface area contributed by atoms with Crippen LogP contribution < -0.4 is 10.1 Å². The van der Waals surface area contributed by atoms with Gasteiger partial charge in [0.2, 0.25) is 0 Å². The molecule has 1 aromatic carbocycles. The number of hydrogen-bond acceptors (Lipinski definition) is 6. The van der Waals surface area contributed by atoms with E-state index in [1.807, 2.05) is 26.0 Å². The van der Waals surface area contributed by atoms with Gasteiger partial charge in [0.05, 0.1) is 6.61 Å². The van der Waals surface area contributed by atoms with Crippen LogP contribution in [0.2, 0.25) is 0 Å². The van der Waals surface area contributed by atoms with Gasteiger partial charge in [-0.3, -0.25) is 0 Å². The second-order valence-corrected chi connectivity index (χ2v) is 6.55. The van der Waals surface area contributed by atoms with Crippen molar-refractivity contribution >= 4 is 23.3 Å². The molecule has 0 saturated carbocycles. The first-order valence-corrected chi connectivity index (χ1v) is 8.88. The van der Waals surface area contributed by atoms with Crippen LogP contribution >= 0.6 is 23.3 Å². The van der Waals surface area contributed by atoms with Crippen LogP contribution in [0, 0.1) is 6.92 Å². The van der Waals surface area contributed by atoms with Crippen LogP contribution in [-0.2, 0) is 0 Å². The number of benzene rings is 1. The molecular formula is C15H21N3OS2. The van der Waals surface area contributed by atoms with Gasteiger partial charge in [0.25, 0.3) is 0 Å². The van der Waals surface area contributed by atoms with Gasteiger partial charge >= 0.3 is 0 Å². The monoisotopic (exact) mass is 323 g/mol. The van der Waals surface area contributed by atoms with Gasteiger partial charge in [0.15, 0.2) is 4.34 Å². The second kappa shape index (κ2) is 8.36. The van der Waals surface area contributed by atoms with E-state index < -0.39 is 0 Å². The van der Waals surface area contributed by atoms with E-state index in [2.05, 4.69) is 33.7 Å². The summed E-state index contributed by atoms with van der Waals surface area (Å²) in [5.41, 5.74) is 1.27. The maximum Gasteiger partial charge on any atom is 0.170 e. The van der Waals surface area contributed by atoms with Crippen molar-refractivity contribution < 1.29 is 4.74 Å². The Balaban J connectivity index is 2.00. The quantitative estimate of drug-likeness (QED) is 0.751. The lowest BCUT2D eigenvalue weighted by Gasteiger charge is -2.17. The molecule has 6 heteroatoms. The summed E-state index contributed by atoms with van der Waals surface area (Å²) in [6.45, 7) is 7.68. The van der Waals surface area contributed by atoms with E-state index in [1.54, 1.807) is 11.8 Å². The molecule has 0 aliphatic heterocycles. The van der Waals surface area contributed by atoms with Crippen molar-refractivity contribution in [2.75, 3.05) is 18.9 Å². The fourth-order valence-electron chi connectivity index (χ4n) is 1.97. The molecule has 0 saturated heterocycles. The molecule has 1 N–H and O–H groups in total. The summed E-state index contributed by atoms with van der Waals surface area (Å²) in [5.74, 6) is 2.71. The normalized spacial score (nSPS) is 12.3. The summed E-state index contributed by atoms with van der Waals surface area (Å²) in [4.78, 5) is 4.40. The van der Waals surface area contributed by atoms with Crippen LogP contribution in [-0.4, -0.2) is 28.3 Å². The largest absolute Gasteiger partial charge is 0.494 e. The van der Waals surface area contributed by atoms with E-state index >= 15 is 0 Å². The first-order chi connectivity index (χ1) is 10.2. The van der Waals surface area contributed by atoms with Crippen LogP contribution in [0.25, 0.3) is 0 Å². The molecule has 2 aromatic rings. The summed E-state index contributed by atoms with van der Waals surface area (Å²) >= 11 is 3.22. The average molecular weight is 323 g/mol. The maximum atomic E-state index is 5.49. The standard InChI is InChI=1S/C15H21N3OS2/c1-4-16-14(10-20-15-17-11(3)18-21-15)12-6-8-13(9-7-12)19-5-2/h6-9,14,16H,4-5,10H2,1-3H3. The zero-order valence-corrected chi connectivity index (χ0v) is 14.3. The number of aromatic nitrogens is 2. The predicted molar refractivity (Wildman–Crippen MR) is 89.4 cm³/mol. The predicted octanol–water partition coefficient (Wildman–Crippen LogP) is 3.69. The first kappa shape index (κ1) is 16.3. The Kier molecular flexibility index (Phi) is 6.48. The van der Waals surface area contributed by atoms with Gasteiger partial charge in [-0.15, -0.1) is 0 Å². The van der Waals surface area contributed by atoms with Crippen molar-refractivity contribution in [3.63, 3.8) is 0 Å². The molecule has 1 unspecified atom stereocenters. The van der Waals surface area contributed by atoms with Gasteiger partial charge in [-0.1, -0.05) is 30.8 Å². The highest BCUT2D eigenvalue weighted by molar-refractivity contribution is 8.00. The number of rotatable bonds is 8. The summed E-state index contributed by atoms with van der Waals surface area (Å²) in [6.07, 6.45) is 0. The zero-order valence-electron chi connectivity index (χ0n) is 12.6. The molecule has 2 rings (SSSR count). The lowest BCUT2D eigenvalue weighted by atomic mass is 10.1. The van der Waals surface area contributed by atoms with Crippen molar-refractivity contribution in [1.29, 1.82) is 0 Å². The van der Waals surface area contributed by atoms with Gasteiger partial charge < -0.3 is 10.1 Å². The molecule has 1 aromatic heterocycles. The van der Waals surface area contributed by atoms with Crippen LogP contribution in [0.15, 0.2) is 28.6 Å². The van der Waals surface area contributed by atoms with E-state index in [0.717, 1.165) is 28.2 Å². The lowest BCUT2D eigenvalue weighted by Crippen LogP contribution is -2.22. The minimum Gasteiger partial charge on any atom is -0.494 e. The Labute approximate surface area is 134 Å². The summed E-state index contributed by atoms with van der Waals surface area (Å²) in [6, 6.07) is 8.63. The van der Waals surface area contributed by atoms with Gasteiger partial charge in [-0.25, -0.2) is 4.98 Å². The van der Waals surface area contributed by atoms with Crippen molar-refractivity contribution in [2.24, 2.45) is 0 Å². The Morgan fingerprint density at radius 2 is 2.05 bits per heavy atom. The third-order valence-electron chi connectivity index (χ3n) is 2.93. The number of nitrogens with zero attached hydrogens (tertiary/aromatic N) is 2. The molecule has 4 nitrogen and oxygen atoms in total. The molecule has 1 heterocycles. The van der Waals surface area contributed by atoms with Gasteiger partial charge in [0, 0.05) is 11.8 Å². The topological polar surface area (TPSA) is 47.0 Å². The Hall–Kier alpha value is -1.11. The fourth-order valence-corrected chi connectivity index (χ4v) is 3.74. The van der Waals surface area contributed by atoms with Gasteiger partial charge in [-0.2, -0.15) is 4.37 Å². The molecule has 1 atom stereocenters. The molecule has 0 amide bonds. The lowest BCUT2D eigenvalue weighted by molar-refractivity contribution is 0.340. The van der Waals surface area contributed by atoms with Crippen molar-refractivity contribution in [3.8, 4) is 5.75 Å². The third kappa shape index (κ3) is 4.98. The van der Waals surface area contributed by atoms with Crippen LogP contribution in [0.1, 0.15) is 31.3 Å². The highest BCUT2D eigenvalue weighted by Crippen LogP contribution is 2.27. The molecule has 0 aliphatic carbocycles. The van der Waals surface area contributed by atoms with Gasteiger partial charge in [-0.05, 0) is 49.6 Å². The number of hydrogen-bond donors (Lipinski definition) is 1. The van der Waals surface area contributed by atoms with Crippen molar-refractivity contribution in [2.45, 2.75) is 31.2 Å². The number of nitrogens with one attached hydrogen (secondary N) is 1. The fraction of sp³-hybridized carbons (Fsp3) is 0.467. The highest BCUT2D eigenvalue weighted by Gasteiger charge is 2.12. The highest BCUT2D eigenvalue weighted by atomic mass is 32.2. The molecule has 0 fully saturated rings. The zero-order chi connectivity index (χ0) is 15.1. The number of thioether (sulfide) groups is 1. The van der Waals surface area contributed by atoms with E-state index in [1.165, 1.54) is 17.1 Å². The van der Waals surface area contributed by atoms with Crippen LogP contribution in [0.5, 0.6) is 5.75 Å². The van der Waals surface area contributed by atoms with E-state index in [9.17, 15) is 0 Å². The van der Waals surface area contributed by atoms with Crippen molar-refractivity contribution in [1.82, 2.24) is 14.7 Å². The number of aryl methyl sites for hydroxylation is 1. The summed E-state index contributed by atoms with van der Waals surface area (Å²) < 4.78 is 10.7. The maximum absolute atomic E-state index is 5.49. The average Bonchev–Trinajstić information content (AvgIpc) is 2.90. The van der Waals surface area contributed by atoms with E-state index in [4.69, 9.17) is 4.74 Å². The number of ether oxygens (including phenoxy) is 1. The molecule has 0 bridgehead atoms. The summed E-state index contributed by atoms with van der Waals surface area (Å²) in [5, 5.41) is 3.52. The van der Waals surface area contributed by atoms with Gasteiger partial charge in [0.1, 0.15) is 11.6 Å². The molecule has 0 spiro atoms. The van der Waals surface area contributed by atoms with E-state index in [-0.39, 0.29) is 0 Å². The minimum atomic E-state index is 0.305. The third-order valence-corrected chi connectivity index (χ3v) is 4.94. The Morgan fingerprint density at radius 3 is 2.62 bits per heavy atom. The minimum absolute atomic E-state index is 0.305. The van der Waals surface area contributed by atoms with Crippen LogP contribution in [0.3, 0.4) is 0 Å². The Morgan fingerprint density at radius 1 is 1.29 bits per heavy atom. The smallest absolute Gasteiger partial charge is 0.170 e. The Bertz CT molecular complexity index is 542. The first-order valence-electron chi connectivity index (χ1n) is 7.12. The van der Waals surface area contributed by atoms with E-state index in [0.29, 0.717) is 12.6 Å². The SMILES string of the molecule is CCNC(CSc1nc(C)ns1)c1ccc(OCC)cc1. The molecule has 114 valence electrons. The molecule has 21 heavy (non-hydrogen) atoms. The molecule has 0 aliphatic rings. The second-order valence-electron chi connectivity index (χ2n) is 4.53. The molecular weight excluding hydrogens is 302 g/mol.